The molecule has 1 aliphatic rings. The number of rotatable bonds is 7. The molecule has 1 N–H and O–H groups in total. The van der Waals surface area contributed by atoms with E-state index in [0.29, 0.717) is 19.2 Å². The largest absolute Gasteiger partial charge is 0.465 e. The molecule has 19 heavy (non-hydrogen) atoms. The van der Waals surface area contributed by atoms with Crippen LogP contribution in [0, 0.1) is 0 Å². The van der Waals surface area contributed by atoms with Crippen LogP contribution in [0.3, 0.4) is 0 Å². The molecule has 1 rings (SSSR count). The molecular formula is C15H30N2O2. The standard InChI is InChI=1S/C15H30N2O2/c1-5-16-15(3,14(18)19-6-2)12-17(4)13-10-8-7-9-11-13/h13,16H,5-12H2,1-4H3. The number of likely N-dealkylation sites (N-methyl/N-ethyl adjacent to an activating group) is 2. The summed E-state index contributed by atoms with van der Waals surface area (Å²) in [5, 5.41) is 3.30. The van der Waals surface area contributed by atoms with Crippen LogP contribution in [0.25, 0.3) is 0 Å². The second-order valence-electron chi connectivity index (χ2n) is 5.79. The molecule has 0 radical (unpaired) electrons. The Kier molecular flexibility index (Phi) is 6.80. The third-order valence-electron chi connectivity index (χ3n) is 4.06. The molecule has 0 aromatic carbocycles. The zero-order valence-corrected chi connectivity index (χ0v) is 13.0. The van der Waals surface area contributed by atoms with Crippen LogP contribution in [-0.2, 0) is 9.53 Å². The Balaban J connectivity index is 2.62. The minimum atomic E-state index is -0.600. The Labute approximate surface area is 117 Å². The molecule has 1 aliphatic carbocycles. The van der Waals surface area contributed by atoms with Gasteiger partial charge in [0.25, 0.3) is 0 Å². The number of nitrogens with zero attached hydrogens (tertiary/aromatic N) is 1. The van der Waals surface area contributed by atoms with Gasteiger partial charge in [-0.1, -0.05) is 26.2 Å². The summed E-state index contributed by atoms with van der Waals surface area (Å²) in [5.41, 5.74) is -0.600. The molecule has 1 fully saturated rings. The summed E-state index contributed by atoms with van der Waals surface area (Å²) in [6.45, 7) is 7.76. The second kappa shape index (κ2) is 7.85. The maximum absolute atomic E-state index is 12.2. The zero-order chi connectivity index (χ0) is 14.3. The summed E-state index contributed by atoms with van der Waals surface area (Å²) in [6, 6.07) is 0.612. The van der Waals surface area contributed by atoms with Crippen molar-refractivity contribution in [1.82, 2.24) is 10.2 Å². The number of carbonyl (C=O) groups is 1. The van der Waals surface area contributed by atoms with Crippen molar-refractivity contribution in [3.8, 4) is 0 Å². The molecule has 4 nitrogen and oxygen atoms in total. The van der Waals surface area contributed by atoms with Crippen LogP contribution in [-0.4, -0.2) is 49.2 Å². The van der Waals surface area contributed by atoms with Gasteiger partial charge in [-0.2, -0.15) is 0 Å². The fourth-order valence-corrected chi connectivity index (χ4v) is 3.02. The number of ether oxygens (including phenoxy) is 1. The molecule has 1 atom stereocenters. The van der Waals surface area contributed by atoms with Gasteiger partial charge in [0.1, 0.15) is 5.54 Å². The van der Waals surface area contributed by atoms with Gasteiger partial charge in [-0.15, -0.1) is 0 Å². The highest BCUT2D eigenvalue weighted by atomic mass is 16.5. The minimum Gasteiger partial charge on any atom is -0.465 e. The highest BCUT2D eigenvalue weighted by Gasteiger charge is 2.36. The molecule has 0 amide bonds. The van der Waals surface area contributed by atoms with Gasteiger partial charge >= 0.3 is 5.97 Å². The molecule has 0 aromatic heterocycles. The average molecular weight is 270 g/mol. The maximum Gasteiger partial charge on any atom is 0.327 e. The van der Waals surface area contributed by atoms with Gasteiger partial charge in [0.2, 0.25) is 0 Å². The van der Waals surface area contributed by atoms with Gasteiger partial charge in [-0.05, 0) is 40.3 Å². The van der Waals surface area contributed by atoms with Crippen LogP contribution in [0.2, 0.25) is 0 Å². The zero-order valence-electron chi connectivity index (χ0n) is 13.0. The van der Waals surface area contributed by atoms with Crippen molar-refractivity contribution in [1.29, 1.82) is 0 Å². The van der Waals surface area contributed by atoms with E-state index in [1.165, 1.54) is 32.1 Å². The number of esters is 1. The van der Waals surface area contributed by atoms with E-state index in [1.807, 2.05) is 20.8 Å². The Morgan fingerprint density at radius 2 is 1.95 bits per heavy atom. The summed E-state index contributed by atoms with van der Waals surface area (Å²) < 4.78 is 5.22. The SMILES string of the molecule is CCNC(C)(CN(C)C1CCCCC1)C(=O)OCC. The lowest BCUT2D eigenvalue weighted by atomic mass is 9.92. The second-order valence-corrected chi connectivity index (χ2v) is 5.79. The van der Waals surface area contributed by atoms with Crippen molar-refractivity contribution >= 4 is 5.97 Å². The monoisotopic (exact) mass is 270 g/mol. The lowest BCUT2D eigenvalue weighted by Gasteiger charge is -2.37. The first-order chi connectivity index (χ1) is 9.03. The summed E-state index contributed by atoms with van der Waals surface area (Å²) in [7, 11) is 2.13. The van der Waals surface area contributed by atoms with E-state index in [9.17, 15) is 4.79 Å². The summed E-state index contributed by atoms with van der Waals surface area (Å²) >= 11 is 0. The minimum absolute atomic E-state index is 0.139. The van der Waals surface area contributed by atoms with Crippen molar-refractivity contribution in [3.05, 3.63) is 0 Å². The predicted octanol–water partition coefficient (Wildman–Crippen LogP) is 2.18. The van der Waals surface area contributed by atoms with Crippen LogP contribution in [0.15, 0.2) is 0 Å². The van der Waals surface area contributed by atoms with Gasteiger partial charge in [-0.25, -0.2) is 0 Å². The summed E-state index contributed by atoms with van der Waals surface area (Å²) in [4.78, 5) is 14.5. The first-order valence-corrected chi connectivity index (χ1v) is 7.66. The van der Waals surface area contributed by atoms with Gasteiger partial charge < -0.3 is 15.0 Å². The highest BCUT2D eigenvalue weighted by molar-refractivity contribution is 5.80. The van der Waals surface area contributed by atoms with E-state index in [-0.39, 0.29) is 5.97 Å². The first kappa shape index (κ1) is 16.4. The Bertz CT molecular complexity index is 277. The van der Waals surface area contributed by atoms with Gasteiger partial charge in [0.05, 0.1) is 6.61 Å². The van der Waals surface area contributed by atoms with E-state index < -0.39 is 5.54 Å². The van der Waals surface area contributed by atoms with Crippen LogP contribution in [0.5, 0.6) is 0 Å². The quantitative estimate of drug-likeness (QED) is 0.720. The third-order valence-corrected chi connectivity index (χ3v) is 4.06. The molecule has 112 valence electrons. The molecule has 4 heteroatoms. The van der Waals surface area contributed by atoms with Crippen molar-refractivity contribution in [2.75, 3.05) is 26.7 Å². The normalized spacial score (nSPS) is 20.3. The smallest absolute Gasteiger partial charge is 0.327 e. The molecule has 0 saturated heterocycles. The predicted molar refractivity (Wildman–Crippen MR) is 78.2 cm³/mol. The van der Waals surface area contributed by atoms with E-state index in [2.05, 4.69) is 17.3 Å². The number of hydrogen-bond acceptors (Lipinski definition) is 4. The lowest BCUT2D eigenvalue weighted by Crippen LogP contribution is -2.58. The van der Waals surface area contributed by atoms with E-state index in [1.54, 1.807) is 0 Å². The third kappa shape index (κ3) is 4.77. The molecule has 0 heterocycles. The molecule has 0 bridgehead atoms. The molecule has 0 aromatic rings. The maximum atomic E-state index is 12.2. The highest BCUT2D eigenvalue weighted by Crippen LogP contribution is 2.23. The molecule has 0 aliphatic heterocycles. The van der Waals surface area contributed by atoms with E-state index in [0.717, 1.165) is 6.54 Å². The van der Waals surface area contributed by atoms with Crippen molar-refractivity contribution in [2.24, 2.45) is 0 Å². The van der Waals surface area contributed by atoms with E-state index >= 15 is 0 Å². The van der Waals surface area contributed by atoms with Crippen molar-refractivity contribution in [3.63, 3.8) is 0 Å². The number of carbonyl (C=O) groups excluding carboxylic acids is 1. The van der Waals surface area contributed by atoms with Crippen molar-refractivity contribution < 1.29 is 9.53 Å². The van der Waals surface area contributed by atoms with Gasteiger partial charge in [0.15, 0.2) is 0 Å². The topological polar surface area (TPSA) is 41.6 Å². The summed E-state index contributed by atoms with van der Waals surface area (Å²) in [6.07, 6.45) is 6.48. The average Bonchev–Trinajstić information content (AvgIpc) is 2.40. The van der Waals surface area contributed by atoms with E-state index in [4.69, 9.17) is 4.74 Å². The van der Waals surface area contributed by atoms with Crippen LogP contribution in [0.1, 0.15) is 52.9 Å². The fourth-order valence-electron chi connectivity index (χ4n) is 3.02. The Morgan fingerprint density at radius 3 is 2.47 bits per heavy atom. The summed E-state index contributed by atoms with van der Waals surface area (Å²) in [5.74, 6) is -0.139. The van der Waals surface area contributed by atoms with Gasteiger partial charge in [0, 0.05) is 12.6 Å². The lowest BCUT2D eigenvalue weighted by molar-refractivity contribution is -0.151. The molecule has 0 spiro atoms. The van der Waals surface area contributed by atoms with Crippen LogP contribution >= 0.6 is 0 Å². The van der Waals surface area contributed by atoms with Crippen molar-refractivity contribution in [2.45, 2.75) is 64.5 Å². The molecule has 1 unspecified atom stereocenters. The Morgan fingerprint density at radius 1 is 1.32 bits per heavy atom. The number of nitrogens with one attached hydrogen (secondary N) is 1. The first-order valence-electron chi connectivity index (χ1n) is 7.66. The molecular weight excluding hydrogens is 240 g/mol. The van der Waals surface area contributed by atoms with Crippen LogP contribution < -0.4 is 5.32 Å². The van der Waals surface area contributed by atoms with Crippen LogP contribution in [0.4, 0.5) is 0 Å². The Hall–Kier alpha value is -0.610. The van der Waals surface area contributed by atoms with Gasteiger partial charge in [-0.3, -0.25) is 4.79 Å². The molecule has 1 saturated carbocycles. The fraction of sp³-hybridized carbons (Fsp3) is 0.933. The number of hydrogen-bond donors (Lipinski definition) is 1.